The molecule has 2 rings (SSSR count). The Hall–Kier alpha value is -1.10. The minimum absolute atomic E-state index is 0.0832. The zero-order valence-electron chi connectivity index (χ0n) is 11.1. The van der Waals surface area contributed by atoms with E-state index in [0.717, 1.165) is 45.3 Å². The van der Waals surface area contributed by atoms with Crippen molar-refractivity contribution in [1.82, 2.24) is 9.80 Å². The highest BCUT2D eigenvalue weighted by Gasteiger charge is 2.26. The summed E-state index contributed by atoms with van der Waals surface area (Å²) in [4.78, 5) is 27.3. The maximum Gasteiger partial charge on any atom is 0.242 e. The summed E-state index contributed by atoms with van der Waals surface area (Å²) >= 11 is 0. The number of rotatable bonds is 3. The Morgan fingerprint density at radius 2 is 2.00 bits per heavy atom. The van der Waals surface area contributed by atoms with Gasteiger partial charge in [-0.15, -0.1) is 0 Å². The molecule has 0 aromatic heterocycles. The molecule has 5 heteroatoms. The highest BCUT2D eigenvalue weighted by atomic mass is 16.5. The van der Waals surface area contributed by atoms with Gasteiger partial charge in [0.2, 0.25) is 11.8 Å². The summed E-state index contributed by atoms with van der Waals surface area (Å²) in [6.45, 7) is 2.49. The summed E-state index contributed by atoms with van der Waals surface area (Å²) in [5.74, 6) is 0.209. The highest BCUT2D eigenvalue weighted by molar-refractivity contribution is 5.85. The molecular weight excluding hydrogens is 232 g/mol. The van der Waals surface area contributed by atoms with Crippen molar-refractivity contribution in [3.63, 3.8) is 0 Å². The molecule has 18 heavy (non-hydrogen) atoms. The van der Waals surface area contributed by atoms with Crippen LogP contribution in [-0.4, -0.2) is 61.0 Å². The first-order valence-electron chi connectivity index (χ1n) is 6.79. The molecule has 2 fully saturated rings. The smallest absolute Gasteiger partial charge is 0.242 e. The second-order valence-electron chi connectivity index (χ2n) is 5.09. The fourth-order valence-corrected chi connectivity index (χ4v) is 2.63. The molecule has 102 valence electrons. The third-order valence-electron chi connectivity index (χ3n) is 3.88. The molecule has 2 heterocycles. The molecule has 0 bridgehead atoms. The molecule has 0 atom stereocenters. The third-order valence-corrected chi connectivity index (χ3v) is 3.88. The van der Waals surface area contributed by atoms with Crippen LogP contribution in [0.5, 0.6) is 0 Å². The zero-order valence-corrected chi connectivity index (χ0v) is 11.1. The van der Waals surface area contributed by atoms with Gasteiger partial charge in [-0.05, 0) is 25.7 Å². The first-order valence-corrected chi connectivity index (χ1v) is 6.79. The van der Waals surface area contributed by atoms with Gasteiger partial charge in [0, 0.05) is 33.2 Å². The molecule has 0 N–H and O–H groups in total. The van der Waals surface area contributed by atoms with Gasteiger partial charge >= 0.3 is 0 Å². The highest BCUT2D eigenvalue weighted by Crippen LogP contribution is 2.15. The number of carbonyl (C=O) groups excluding carboxylic acids is 2. The van der Waals surface area contributed by atoms with E-state index in [1.807, 2.05) is 4.90 Å². The number of methoxy groups -OCH3 is 1. The molecule has 0 spiro atoms. The van der Waals surface area contributed by atoms with Crippen LogP contribution in [0.2, 0.25) is 0 Å². The Morgan fingerprint density at radius 3 is 2.61 bits per heavy atom. The van der Waals surface area contributed by atoms with E-state index in [1.165, 1.54) is 0 Å². The Kier molecular flexibility index (Phi) is 4.58. The lowest BCUT2D eigenvalue weighted by Crippen LogP contribution is -2.47. The summed E-state index contributed by atoms with van der Waals surface area (Å²) in [5, 5.41) is 0. The number of nitrogens with zero attached hydrogens (tertiary/aromatic N) is 2. The van der Waals surface area contributed by atoms with Gasteiger partial charge < -0.3 is 14.5 Å². The van der Waals surface area contributed by atoms with Crippen molar-refractivity contribution in [2.45, 2.75) is 38.2 Å². The summed E-state index contributed by atoms with van der Waals surface area (Å²) in [6.07, 6.45) is 4.66. The third kappa shape index (κ3) is 3.22. The van der Waals surface area contributed by atoms with Gasteiger partial charge in [-0.1, -0.05) is 0 Å². The summed E-state index contributed by atoms with van der Waals surface area (Å²) < 4.78 is 5.28. The molecule has 2 saturated heterocycles. The van der Waals surface area contributed by atoms with Crippen molar-refractivity contribution in [2.24, 2.45) is 0 Å². The van der Waals surface area contributed by atoms with Crippen LogP contribution in [0.15, 0.2) is 0 Å². The van der Waals surface area contributed by atoms with E-state index >= 15 is 0 Å². The second kappa shape index (κ2) is 6.18. The fraction of sp³-hybridized carbons (Fsp3) is 0.846. The van der Waals surface area contributed by atoms with E-state index < -0.39 is 0 Å². The van der Waals surface area contributed by atoms with Crippen LogP contribution in [0, 0.1) is 0 Å². The summed E-state index contributed by atoms with van der Waals surface area (Å²) in [7, 11) is 1.72. The van der Waals surface area contributed by atoms with Gasteiger partial charge in [0.1, 0.15) is 0 Å². The van der Waals surface area contributed by atoms with Crippen LogP contribution in [0.1, 0.15) is 32.1 Å². The van der Waals surface area contributed by atoms with Gasteiger partial charge in [-0.25, -0.2) is 0 Å². The Bertz CT molecular complexity index is 311. The quantitative estimate of drug-likeness (QED) is 0.742. The van der Waals surface area contributed by atoms with Crippen LogP contribution in [0.3, 0.4) is 0 Å². The molecule has 0 aromatic carbocycles. The topological polar surface area (TPSA) is 49.9 Å². The minimum atomic E-state index is 0.0832. The van der Waals surface area contributed by atoms with E-state index in [2.05, 4.69) is 0 Å². The number of amides is 2. The van der Waals surface area contributed by atoms with Crippen molar-refractivity contribution < 1.29 is 14.3 Å². The standard InChI is InChI=1S/C13H22N2O3/c1-18-11-5-8-14(9-6-11)13(17)10-15-7-3-2-4-12(15)16/h11H,2-10H2,1H3. The van der Waals surface area contributed by atoms with Crippen LogP contribution < -0.4 is 0 Å². The Balaban J connectivity index is 1.79. The first kappa shape index (κ1) is 13.3. The number of hydrogen-bond donors (Lipinski definition) is 0. The summed E-state index contributed by atoms with van der Waals surface area (Å²) in [5.41, 5.74) is 0. The molecule has 2 amide bonds. The van der Waals surface area contributed by atoms with Crippen LogP contribution >= 0.6 is 0 Å². The van der Waals surface area contributed by atoms with Gasteiger partial charge in [0.05, 0.1) is 12.6 Å². The molecule has 0 aliphatic carbocycles. The van der Waals surface area contributed by atoms with E-state index in [1.54, 1.807) is 12.0 Å². The average Bonchev–Trinajstić information content (AvgIpc) is 2.41. The van der Waals surface area contributed by atoms with Crippen molar-refractivity contribution in [2.75, 3.05) is 33.3 Å². The molecule has 0 saturated carbocycles. The van der Waals surface area contributed by atoms with Gasteiger partial charge in [-0.2, -0.15) is 0 Å². The fourth-order valence-electron chi connectivity index (χ4n) is 2.63. The normalized spacial score (nSPS) is 22.4. The molecular formula is C13H22N2O3. The number of carbonyl (C=O) groups is 2. The maximum absolute atomic E-state index is 12.1. The first-order chi connectivity index (χ1) is 8.70. The number of piperidine rings is 2. The van der Waals surface area contributed by atoms with Crippen LogP contribution in [0.4, 0.5) is 0 Å². The lowest BCUT2D eigenvalue weighted by atomic mass is 10.1. The van der Waals surface area contributed by atoms with Gasteiger partial charge in [-0.3, -0.25) is 9.59 Å². The van der Waals surface area contributed by atoms with Crippen molar-refractivity contribution >= 4 is 11.8 Å². The molecule has 0 unspecified atom stereocenters. The second-order valence-corrected chi connectivity index (χ2v) is 5.09. The lowest BCUT2D eigenvalue weighted by Gasteiger charge is -2.34. The monoisotopic (exact) mass is 254 g/mol. The van der Waals surface area contributed by atoms with Gasteiger partial charge in [0.25, 0.3) is 0 Å². The number of likely N-dealkylation sites (tertiary alicyclic amines) is 2. The Morgan fingerprint density at radius 1 is 1.28 bits per heavy atom. The number of ether oxygens (including phenoxy) is 1. The van der Waals surface area contributed by atoms with Gasteiger partial charge in [0.15, 0.2) is 0 Å². The largest absolute Gasteiger partial charge is 0.381 e. The van der Waals surface area contributed by atoms with Crippen molar-refractivity contribution in [3.05, 3.63) is 0 Å². The zero-order chi connectivity index (χ0) is 13.0. The average molecular weight is 254 g/mol. The molecule has 5 nitrogen and oxygen atoms in total. The van der Waals surface area contributed by atoms with E-state index in [0.29, 0.717) is 6.42 Å². The predicted molar refractivity (Wildman–Crippen MR) is 67.0 cm³/mol. The van der Waals surface area contributed by atoms with E-state index in [9.17, 15) is 9.59 Å². The summed E-state index contributed by atoms with van der Waals surface area (Å²) in [6, 6.07) is 0. The minimum Gasteiger partial charge on any atom is -0.381 e. The molecule has 2 aliphatic rings. The molecule has 0 radical (unpaired) electrons. The molecule has 0 aromatic rings. The lowest BCUT2D eigenvalue weighted by molar-refractivity contribution is -0.143. The number of hydrogen-bond acceptors (Lipinski definition) is 3. The molecule has 2 aliphatic heterocycles. The van der Waals surface area contributed by atoms with E-state index in [4.69, 9.17) is 4.74 Å². The SMILES string of the molecule is COC1CCN(C(=O)CN2CCCCC2=O)CC1. The van der Waals surface area contributed by atoms with E-state index in [-0.39, 0.29) is 24.5 Å². The van der Waals surface area contributed by atoms with Crippen LogP contribution in [-0.2, 0) is 14.3 Å². The van der Waals surface area contributed by atoms with Crippen molar-refractivity contribution in [3.8, 4) is 0 Å². The van der Waals surface area contributed by atoms with Crippen molar-refractivity contribution in [1.29, 1.82) is 0 Å². The maximum atomic E-state index is 12.1. The Labute approximate surface area is 108 Å². The van der Waals surface area contributed by atoms with Crippen LogP contribution in [0.25, 0.3) is 0 Å². The predicted octanol–water partition coefficient (Wildman–Crippen LogP) is 0.636.